The summed E-state index contributed by atoms with van der Waals surface area (Å²) in [5.41, 5.74) is 0. The first-order valence-corrected chi connectivity index (χ1v) is 8.69. The van der Waals surface area contributed by atoms with E-state index in [9.17, 15) is 18.0 Å². The second-order valence-corrected chi connectivity index (χ2v) is 8.68. The molecule has 1 aliphatic heterocycles. The van der Waals surface area contributed by atoms with Crippen molar-refractivity contribution in [3.8, 4) is 0 Å². The molecule has 7 heteroatoms. The number of hydrogen-bond acceptors (Lipinski definition) is 5. The largest absolute Gasteiger partial charge is 0.304 e. The molecule has 1 fully saturated rings. The molecule has 1 N–H and O–H groups in total. The maximum absolute atomic E-state index is 12.2. The zero-order chi connectivity index (χ0) is 15.7. The Kier molecular flexibility index (Phi) is 4.97. The van der Waals surface area contributed by atoms with E-state index in [2.05, 4.69) is 5.32 Å². The predicted octanol–water partition coefficient (Wildman–Crippen LogP) is 0.325. The lowest BCUT2D eigenvalue weighted by Gasteiger charge is -2.25. The number of sulfone groups is 1. The zero-order valence-electron chi connectivity index (χ0n) is 12.8. The highest BCUT2D eigenvalue weighted by Gasteiger charge is 2.41. The molecule has 0 aliphatic carbocycles. The Morgan fingerprint density at radius 1 is 1.40 bits per heavy atom. The van der Waals surface area contributed by atoms with Crippen molar-refractivity contribution in [3.05, 3.63) is 0 Å². The lowest BCUT2D eigenvalue weighted by Crippen LogP contribution is -2.48. The van der Waals surface area contributed by atoms with Crippen LogP contribution in [0.15, 0.2) is 0 Å². The Bertz CT molecular complexity index is 499. The van der Waals surface area contributed by atoms with Crippen LogP contribution in [-0.4, -0.2) is 54.8 Å². The van der Waals surface area contributed by atoms with Gasteiger partial charge in [0.2, 0.25) is 11.8 Å². The summed E-state index contributed by atoms with van der Waals surface area (Å²) in [5.74, 6) is -0.451. The molecule has 1 saturated heterocycles. The van der Waals surface area contributed by atoms with Crippen LogP contribution in [0.2, 0.25) is 0 Å². The number of nitrogens with one attached hydrogen (secondary N) is 1. The average molecular weight is 304 g/mol. The van der Waals surface area contributed by atoms with Crippen molar-refractivity contribution < 1.29 is 18.0 Å². The van der Waals surface area contributed by atoms with Crippen LogP contribution in [-0.2, 0) is 19.4 Å². The molecule has 1 rings (SSSR count). The van der Waals surface area contributed by atoms with Gasteiger partial charge in [-0.2, -0.15) is 0 Å². The molecule has 2 amide bonds. The van der Waals surface area contributed by atoms with Crippen molar-refractivity contribution in [1.82, 2.24) is 10.2 Å². The minimum Gasteiger partial charge on any atom is -0.304 e. The lowest BCUT2D eigenvalue weighted by molar-refractivity contribution is -0.141. The minimum absolute atomic E-state index is 0.100. The molecule has 0 aromatic rings. The number of likely N-dealkylation sites (tertiary alicyclic amines) is 1. The predicted molar refractivity (Wildman–Crippen MR) is 76.9 cm³/mol. The first kappa shape index (κ1) is 17.1. The summed E-state index contributed by atoms with van der Waals surface area (Å²) in [6, 6.07) is -0.734. The fraction of sp³-hybridized carbons (Fsp3) is 0.846. The normalized spacial score (nSPS) is 22.4. The molecular formula is C13H24N2O4S. The Morgan fingerprint density at radius 2 is 1.95 bits per heavy atom. The highest BCUT2D eigenvalue weighted by atomic mass is 32.2. The minimum atomic E-state index is -3.23. The van der Waals surface area contributed by atoms with E-state index in [1.54, 1.807) is 13.8 Å². The molecule has 2 unspecified atom stereocenters. The Labute approximate surface area is 120 Å². The highest BCUT2D eigenvalue weighted by molar-refractivity contribution is 7.92. The van der Waals surface area contributed by atoms with Gasteiger partial charge in [-0.15, -0.1) is 0 Å². The maximum Gasteiger partial charge on any atom is 0.247 e. The van der Waals surface area contributed by atoms with Gasteiger partial charge in [0.25, 0.3) is 0 Å². The van der Waals surface area contributed by atoms with E-state index in [-0.39, 0.29) is 30.8 Å². The number of nitrogens with zero attached hydrogens (tertiary/aromatic N) is 1. The number of rotatable bonds is 6. The van der Waals surface area contributed by atoms with Crippen LogP contribution in [0.25, 0.3) is 0 Å². The third-order valence-corrected chi connectivity index (χ3v) is 6.14. The number of hydrogen-bond donors (Lipinski definition) is 1. The third kappa shape index (κ3) is 3.38. The molecule has 1 heterocycles. The molecular weight excluding hydrogens is 280 g/mol. The van der Waals surface area contributed by atoms with Gasteiger partial charge in [-0.3, -0.25) is 14.5 Å². The summed E-state index contributed by atoms with van der Waals surface area (Å²) in [7, 11) is -3.23. The molecule has 2 atom stereocenters. The second-order valence-electron chi connectivity index (χ2n) is 6.03. The highest BCUT2D eigenvalue weighted by Crippen LogP contribution is 2.20. The Hall–Kier alpha value is -0.950. The summed E-state index contributed by atoms with van der Waals surface area (Å²) in [4.78, 5) is 25.3. The zero-order valence-corrected chi connectivity index (χ0v) is 13.6. The average Bonchev–Trinajstić information content (AvgIpc) is 2.59. The van der Waals surface area contributed by atoms with Crippen LogP contribution in [0.1, 0.15) is 40.5 Å². The number of carbonyl (C=O) groups is 2. The first-order chi connectivity index (χ1) is 9.01. The maximum atomic E-state index is 12.2. The number of amides is 2. The van der Waals surface area contributed by atoms with Crippen LogP contribution in [0, 0.1) is 0 Å². The first-order valence-electron chi connectivity index (χ1n) is 6.80. The molecule has 0 bridgehead atoms. The van der Waals surface area contributed by atoms with E-state index in [0.29, 0.717) is 6.42 Å². The van der Waals surface area contributed by atoms with Crippen molar-refractivity contribution in [3.63, 3.8) is 0 Å². The molecule has 6 nitrogen and oxygen atoms in total. The molecule has 1 aliphatic rings. The van der Waals surface area contributed by atoms with Gasteiger partial charge in [0.15, 0.2) is 9.84 Å². The molecule has 0 spiro atoms. The van der Waals surface area contributed by atoms with Crippen molar-refractivity contribution >= 4 is 21.7 Å². The van der Waals surface area contributed by atoms with Crippen molar-refractivity contribution in [2.75, 3.05) is 12.8 Å². The van der Waals surface area contributed by atoms with Crippen LogP contribution < -0.4 is 5.32 Å². The van der Waals surface area contributed by atoms with Gasteiger partial charge in [0.05, 0.1) is 17.2 Å². The summed E-state index contributed by atoms with van der Waals surface area (Å²) in [5, 5.41) is 2.93. The van der Waals surface area contributed by atoms with Gasteiger partial charge in [0.1, 0.15) is 0 Å². The lowest BCUT2D eigenvalue weighted by atomic mass is 10.1. The topological polar surface area (TPSA) is 83.6 Å². The monoisotopic (exact) mass is 304 g/mol. The van der Waals surface area contributed by atoms with E-state index in [1.807, 2.05) is 13.8 Å². The van der Waals surface area contributed by atoms with Gasteiger partial charge in [-0.25, -0.2) is 8.42 Å². The van der Waals surface area contributed by atoms with Gasteiger partial charge < -0.3 is 5.32 Å². The van der Waals surface area contributed by atoms with E-state index in [1.165, 1.54) is 11.2 Å². The van der Waals surface area contributed by atoms with Gasteiger partial charge >= 0.3 is 0 Å². The van der Waals surface area contributed by atoms with Crippen LogP contribution >= 0.6 is 0 Å². The molecule has 116 valence electrons. The van der Waals surface area contributed by atoms with E-state index in [4.69, 9.17) is 0 Å². The number of imide groups is 1. The van der Waals surface area contributed by atoms with Crippen LogP contribution in [0.3, 0.4) is 0 Å². The molecule has 0 radical (unpaired) electrons. The van der Waals surface area contributed by atoms with Gasteiger partial charge in [-0.1, -0.05) is 6.92 Å². The summed E-state index contributed by atoms with van der Waals surface area (Å²) < 4.78 is 22.3. The van der Waals surface area contributed by atoms with E-state index >= 15 is 0 Å². The van der Waals surface area contributed by atoms with Gasteiger partial charge in [0, 0.05) is 18.8 Å². The molecule has 20 heavy (non-hydrogen) atoms. The Morgan fingerprint density at radius 3 is 2.40 bits per heavy atom. The van der Waals surface area contributed by atoms with Gasteiger partial charge in [-0.05, 0) is 27.2 Å². The molecule has 0 saturated carbocycles. The summed E-state index contributed by atoms with van der Waals surface area (Å²) in [6.07, 6.45) is 1.98. The van der Waals surface area contributed by atoms with Crippen molar-refractivity contribution in [1.29, 1.82) is 0 Å². The number of carbonyl (C=O) groups excluding carboxylic acids is 2. The van der Waals surface area contributed by atoms with Crippen LogP contribution in [0.5, 0.6) is 0 Å². The van der Waals surface area contributed by atoms with E-state index < -0.39 is 20.6 Å². The summed E-state index contributed by atoms with van der Waals surface area (Å²) >= 11 is 0. The standard InChI is InChI=1S/C13H24N2O4S/c1-6-9(2)15-11(16)7-10(12(15)17)14-8-13(3,4)20(5,18)19/h9-10,14H,6-8H2,1-5H3. The summed E-state index contributed by atoms with van der Waals surface area (Å²) in [6.45, 7) is 7.09. The second kappa shape index (κ2) is 5.81. The Balaban J connectivity index is 2.73. The third-order valence-electron chi connectivity index (χ3n) is 3.99. The van der Waals surface area contributed by atoms with Crippen LogP contribution in [0.4, 0.5) is 0 Å². The fourth-order valence-electron chi connectivity index (χ4n) is 1.96. The van der Waals surface area contributed by atoms with E-state index in [0.717, 1.165) is 0 Å². The quantitative estimate of drug-likeness (QED) is 0.715. The smallest absolute Gasteiger partial charge is 0.247 e. The van der Waals surface area contributed by atoms with Crippen molar-refractivity contribution in [2.45, 2.75) is 57.4 Å². The molecule has 0 aromatic carbocycles. The van der Waals surface area contributed by atoms with Crippen molar-refractivity contribution in [2.24, 2.45) is 0 Å². The molecule has 0 aromatic heterocycles. The fourth-order valence-corrected chi connectivity index (χ4v) is 2.30. The SMILES string of the molecule is CCC(C)N1C(=O)CC(NCC(C)(C)S(C)(=O)=O)C1=O.